The fraction of sp³-hybridized carbons (Fsp3) is 0.0714. The molecule has 0 unspecified atom stereocenters. The van der Waals surface area contributed by atoms with Crippen molar-refractivity contribution in [1.82, 2.24) is 4.98 Å². The average Bonchev–Trinajstić information content (AvgIpc) is 2.90. The maximum Gasteiger partial charge on any atom is 0.371 e. The summed E-state index contributed by atoms with van der Waals surface area (Å²) in [5.41, 5.74) is 0.901. The van der Waals surface area contributed by atoms with Crippen LogP contribution in [0.5, 0.6) is 0 Å². The maximum atomic E-state index is 12.8. The first-order valence-electron chi connectivity index (χ1n) is 5.83. The number of hydrogen-bond donors (Lipinski definition) is 2. The normalized spacial score (nSPS) is 11.4. The highest BCUT2D eigenvalue weighted by molar-refractivity contribution is 7.09. The van der Waals surface area contributed by atoms with Crippen molar-refractivity contribution in [2.24, 2.45) is 0 Å². The molecule has 0 aliphatic heterocycles. The average molecular weight is 307 g/mol. The van der Waals surface area contributed by atoms with Gasteiger partial charge in [-0.3, -0.25) is 4.79 Å². The Bertz CT molecular complexity index is 706. The van der Waals surface area contributed by atoms with Crippen LogP contribution >= 0.6 is 11.3 Å². The molecule has 1 aromatic heterocycles. The molecule has 0 aliphatic rings. The van der Waals surface area contributed by atoms with E-state index in [0.29, 0.717) is 17.5 Å². The Balaban J connectivity index is 2.11. The van der Waals surface area contributed by atoms with E-state index in [1.807, 2.05) is 0 Å². The molecule has 1 heterocycles. The first-order valence-corrected chi connectivity index (χ1v) is 6.71. The number of halogens is 1. The molecule has 0 saturated carbocycles. The van der Waals surface area contributed by atoms with Crippen molar-refractivity contribution in [3.63, 3.8) is 0 Å². The standard InChI is InChI=1S/C14H10FNO4S/c15-9-3-1-8(2-4-9)5-13-16-10(7-21-13)11(17)6-12(18)14(19)20/h1-4,6-7,18H,5H2,(H,19,20)/b12-6-. The number of carboxylic acid groups (broad SMARTS) is 1. The molecule has 0 radical (unpaired) electrons. The summed E-state index contributed by atoms with van der Waals surface area (Å²) in [5, 5.41) is 19.6. The third kappa shape index (κ3) is 3.96. The molecule has 7 heteroatoms. The number of nitrogens with zero attached hydrogens (tertiary/aromatic N) is 1. The van der Waals surface area contributed by atoms with Gasteiger partial charge in [0.05, 0.1) is 5.01 Å². The summed E-state index contributed by atoms with van der Waals surface area (Å²) in [6.07, 6.45) is 1.05. The number of aliphatic hydroxyl groups excluding tert-OH is 1. The molecule has 0 spiro atoms. The van der Waals surface area contributed by atoms with Crippen LogP contribution in [0.1, 0.15) is 21.1 Å². The summed E-state index contributed by atoms with van der Waals surface area (Å²) < 4.78 is 12.8. The number of thiazole rings is 1. The Morgan fingerprint density at radius 1 is 1.24 bits per heavy atom. The quantitative estimate of drug-likeness (QED) is 0.503. The van der Waals surface area contributed by atoms with Gasteiger partial charge in [-0.05, 0) is 17.7 Å². The van der Waals surface area contributed by atoms with E-state index in [1.54, 1.807) is 12.1 Å². The van der Waals surface area contributed by atoms with Crippen LogP contribution in [0.3, 0.4) is 0 Å². The lowest BCUT2D eigenvalue weighted by molar-refractivity contribution is -0.135. The smallest absolute Gasteiger partial charge is 0.371 e. The molecule has 2 rings (SSSR count). The highest BCUT2D eigenvalue weighted by atomic mass is 32.1. The summed E-state index contributed by atoms with van der Waals surface area (Å²) in [6, 6.07) is 5.91. The van der Waals surface area contributed by atoms with E-state index < -0.39 is 17.5 Å². The van der Waals surface area contributed by atoms with Crippen LogP contribution in [0.25, 0.3) is 0 Å². The monoisotopic (exact) mass is 307 g/mol. The SMILES string of the molecule is O=C(O)/C(O)=C/C(=O)c1csc(Cc2ccc(F)cc2)n1. The van der Waals surface area contributed by atoms with Gasteiger partial charge in [-0.25, -0.2) is 14.2 Å². The minimum atomic E-state index is -1.58. The Labute approximate surface area is 123 Å². The molecule has 0 bridgehead atoms. The van der Waals surface area contributed by atoms with E-state index in [2.05, 4.69) is 4.98 Å². The zero-order valence-electron chi connectivity index (χ0n) is 10.6. The molecule has 5 nitrogen and oxygen atoms in total. The molecular weight excluding hydrogens is 297 g/mol. The molecule has 0 amide bonds. The minimum Gasteiger partial charge on any atom is -0.502 e. The highest BCUT2D eigenvalue weighted by Crippen LogP contribution is 2.16. The van der Waals surface area contributed by atoms with Gasteiger partial charge in [-0.2, -0.15) is 0 Å². The third-order valence-electron chi connectivity index (χ3n) is 2.56. The van der Waals surface area contributed by atoms with E-state index in [4.69, 9.17) is 10.2 Å². The van der Waals surface area contributed by atoms with Crippen molar-refractivity contribution < 1.29 is 24.2 Å². The summed E-state index contributed by atoms with van der Waals surface area (Å²) in [4.78, 5) is 26.2. The fourth-order valence-corrected chi connectivity index (χ4v) is 2.36. The number of aromatic nitrogens is 1. The second kappa shape index (κ2) is 6.27. The molecular formula is C14H10FNO4S. The molecule has 108 valence electrons. The van der Waals surface area contributed by atoms with Crippen molar-refractivity contribution in [2.45, 2.75) is 6.42 Å². The molecule has 21 heavy (non-hydrogen) atoms. The number of rotatable bonds is 5. The van der Waals surface area contributed by atoms with E-state index >= 15 is 0 Å². The first kappa shape index (κ1) is 14.9. The minimum absolute atomic E-state index is 0.0601. The van der Waals surface area contributed by atoms with Gasteiger partial charge < -0.3 is 10.2 Å². The van der Waals surface area contributed by atoms with Crippen molar-refractivity contribution in [2.75, 3.05) is 0 Å². The van der Waals surface area contributed by atoms with E-state index in [9.17, 15) is 14.0 Å². The van der Waals surface area contributed by atoms with Crippen molar-refractivity contribution in [3.8, 4) is 0 Å². The van der Waals surface area contributed by atoms with Crippen LogP contribution in [-0.4, -0.2) is 26.9 Å². The molecule has 2 N–H and O–H groups in total. The van der Waals surface area contributed by atoms with E-state index in [1.165, 1.54) is 28.8 Å². The second-order valence-electron chi connectivity index (χ2n) is 4.13. The number of aliphatic hydroxyl groups is 1. The van der Waals surface area contributed by atoms with Crippen molar-refractivity contribution in [1.29, 1.82) is 0 Å². The van der Waals surface area contributed by atoms with Crippen LogP contribution in [0.2, 0.25) is 0 Å². The zero-order chi connectivity index (χ0) is 15.4. The number of benzene rings is 1. The van der Waals surface area contributed by atoms with E-state index in [-0.39, 0.29) is 11.5 Å². The van der Waals surface area contributed by atoms with Gasteiger partial charge >= 0.3 is 5.97 Å². The van der Waals surface area contributed by atoms with Gasteiger partial charge in [0.25, 0.3) is 0 Å². The number of aliphatic carboxylic acids is 1. The van der Waals surface area contributed by atoms with Crippen molar-refractivity contribution >= 4 is 23.1 Å². The number of allylic oxidation sites excluding steroid dienone is 1. The predicted molar refractivity (Wildman–Crippen MR) is 74.0 cm³/mol. The number of carboxylic acids is 1. The van der Waals surface area contributed by atoms with Gasteiger partial charge in [0.15, 0.2) is 0 Å². The van der Waals surface area contributed by atoms with Crippen LogP contribution in [0.4, 0.5) is 4.39 Å². The van der Waals surface area contributed by atoms with E-state index in [0.717, 1.165) is 5.56 Å². The second-order valence-corrected chi connectivity index (χ2v) is 5.07. The molecule has 1 aromatic carbocycles. The lowest BCUT2D eigenvalue weighted by Crippen LogP contribution is -2.04. The summed E-state index contributed by atoms with van der Waals surface area (Å²) in [6.45, 7) is 0. The van der Waals surface area contributed by atoms with Gasteiger partial charge in [-0.15, -0.1) is 11.3 Å². The molecule has 0 saturated heterocycles. The largest absolute Gasteiger partial charge is 0.502 e. The van der Waals surface area contributed by atoms with Gasteiger partial charge in [0, 0.05) is 17.9 Å². The third-order valence-corrected chi connectivity index (χ3v) is 3.41. The zero-order valence-corrected chi connectivity index (χ0v) is 11.4. The van der Waals surface area contributed by atoms with Crippen LogP contribution in [-0.2, 0) is 11.2 Å². The number of carbonyl (C=O) groups excluding carboxylic acids is 1. The summed E-state index contributed by atoms with van der Waals surface area (Å²) in [7, 11) is 0. The van der Waals surface area contributed by atoms with Crippen LogP contribution < -0.4 is 0 Å². The molecule has 0 fully saturated rings. The number of ketones is 1. The highest BCUT2D eigenvalue weighted by Gasteiger charge is 2.13. The van der Waals surface area contributed by atoms with Gasteiger partial charge in [0.1, 0.15) is 11.5 Å². The predicted octanol–water partition coefficient (Wildman–Crippen LogP) is 2.58. The Kier molecular flexibility index (Phi) is 4.44. The Hall–Kier alpha value is -2.54. The van der Waals surface area contributed by atoms with Crippen molar-refractivity contribution in [3.05, 3.63) is 63.6 Å². The lowest BCUT2D eigenvalue weighted by Gasteiger charge is -1.97. The fourth-order valence-electron chi connectivity index (χ4n) is 1.54. The van der Waals surface area contributed by atoms with Crippen LogP contribution in [0.15, 0.2) is 41.5 Å². The first-order chi connectivity index (χ1) is 9.95. The number of carbonyl (C=O) groups is 2. The lowest BCUT2D eigenvalue weighted by atomic mass is 10.1. The Morgan fingerprint density at radius 2 is 1.90 bits per heavy atom. The number of hydrogen-bond acceptors (Lipinski definition) is 5. The molecule has 0 aliphatic carbocycles. The van der Waals surface area contributed by atoms with Gasteiger partial charge in [0.2, 0.25) is 11.5 Å². The molecule has 2 aromatic rings. The summed E-state index contributed by atoms with van der Waals surface area (Å²) in [5.74, 6) is -3.63. The molecule has 0 atom stereocenters. The topological polar surface area (TPSA) is 87.5 Å². The Morgan fingerprint density at radius 3 is 2.52 bits per heavy atom. The van der Waals surface area contributed by atoms with Crippen LogP contribution in [0, 0.1) is 5.82 Å². The van der Waals surface area contributed by atoms with Gasteiger partial charge in [-0.1, -0.05) is 12.1 Å². The maximum absolute atomic E-state index is 12.8. The summed E-state index contributed by atoms with van der Waals surface area (Å²) >= 11 is 1.23.